The van der Waals surface area contributed by atoms with Crippen LogP contribution in [0, 0.1) is 17.7 Å². The highest BCUT2D eigenvalue weighted by atomic mass is 19.1. The van der Waals surface area contributed by atoms with Gasteiger partial charge in [-0.05, 0) is 60.4 Å². The number of nitrogens with zero attached hydrogens (tertiary/aromatic N) is 1. The van der Waals surface area contributed by atoms with Gasteiger partial charge in [0.1, 0.15) is 0 Å². The van der Waals surface area contributed by atoms with E-state index in [9.17, 15) is 9.18 Å². The maximum atomic E-state index is 13.8. The molecule has 1 amide bonds. The third-order valence-corrected chi connectivity index (χ3v) is 5.06. The molecule has 0 spiro atoms. The minimum absolute atomic E-state index is 0.189. The van der Waals surface area contributed by atoms with Crippen molar-refractivity contribution in [1.82, 2.24) is 0 Å². The lowest BCUT2D eigenvalue weighted by Gasteiger charge is -2.20. The topological polar surface area (TPSA) is 55.6 Å². The lowest BCUT2D eigenvalue weighted by Crippen LogP contribution is -2.19. The van der Waals surface area contributed by atoms with E-state index in [2.05, 4.69) is 43.0 Å². The Hall–Kier alpha value is -3.78. The van der Waals surface area contributed by atoms with E-state index in [-0.39, 0.29) is 5.75 Å². The van der Waals surface area contributed by atoms with Crippen LogP contribution >= 0.6 is 0 Å². The summed E-state index contributed by atoms with van der Waals surface area (Å²) in [7, 11) is 1.87. The number of rotatable bonds is 7. The Balaban J connectivity index is 1.63. The van der Waals surface area contributed by atoms with Crippen molar-refractivity contribution < 1.29 is 13.9 Å². The molecule has 3 aromatic carbocycles. The van der Waals surface area contributed by atoms with Gasteiger partial charge in [0.2, 0.25) is 0 Å². The molecule has 0 fully saturated rings. The highest BCUT2D eigenvalue weighted by molar-refractivity contribution is 5.69. The van der Waals surface area contributed by atoms with Crippen LogP contribution in [0.15, 0.2) is 66.7 Å². The zero-order chi connectivity index (χ0) is 22.9. The van der Waals surface area contributed by atoms with E-state index in [1.807, 2.05) is 36.2 Å². The molecule has 0 aromatic heterocycles. The summed E-state index contributed by atoms with van der Waals surface area (Å²) in [4.78, 5) is 12.9. The molecular weight excluding hydrogens is 403 g/mol. The lowest BCUT2D eigenvalue weighted by atomic mass is 10.1. The predicted molar refractivity (Wildman–Crippen MR) is 126 cm³/mol. The summed E-state index contributed by atoms with van der Waals surface area (Å²) < 4.78 is 18.5. The van der Waals surface area contributed by atoms with Crippen LogP contribution in [-0.2, 0) is 13.0 Å². The number of ether oxygens (including phenoxy) is 1. The first-order valence-corrected chi connectivity index (χ1v) is 10.6. The van der Waals surface area contributed by atoms with E-state index in [0.717, 1.165) is 23.1 Å². The fourth-order valence-electron chi connectivity index (χ4n) is 3.25. The number of benzene rings is 3. The number of unbranched alkanes of at least 4 members (excludes halogenated alkanes) is 1. The van der Waals surface area contributed by atoms with E-state index in [1.165, 1.54) is 30.5 Å². The molecule has 3 aromatic rings. The van der Waals surface area contributed by atoms with E-state index in [4.69, 9.17) is 10.5 Å². The van der Waals surface area contributed by atoms with Crippen molar-refractivity contribution in [3.63, 3.8) is 0 Å². The summed E-state index contributed by atoms with van der Waals surface area (Å²) >= 11 is 0. The second-order valence-electron chi connectivity index (χ2n) is 7.64. The number of primary amides is 1. The fraction of sp³-hybridized carbons (Fsp3) is 0.222. The molecule has 0 heterocycles. The number of amides is 1. The van der Waals surface area contributed by atoms with Crippen molar-refractivity contribution in [1.29, 1.82) is 0 Å². The molecule has 0 aliphatic rings. The second kappa shape index (κ2) is 11.0. The van der Waals surface area contributed by atoms with Gasteiger partial charge in [-0.25, -0.2) is 9.18 Å². The summed E-state index contributed by atoms with van der Waals surface area (Å²) in [6.07, 6.45) is 2.46. The Morgan fingerprint density at radius 1 is 0.969 bits per heavy atom. The first-order valence-electron chi connectivity index (χ1n) is 10.6. The number of anilines is 1. The Morgan fingerprint density at radius 2 is 1.56 bits per heavy atom. The zero-order valence-electron chi connectivity index (χ0n) is 18.4. The number of carbonyl (C=O) groups is 1. The first kappa shape index (κ1) is 22.9. The summed E-state index contributed by atoms with van der Waals surface area (Å²) in [5.74, 6) is 5.58. The molecule has 0 aliphatic heterocycles. The highest BCUT2D eigenvalue weighted by Gasteiger charge is 2.10. The lowest BCUT2D eigenvalue weighted by molar-refractivity contribution is 0.208. The van der Waals surface area contributed by atoms with Crippen molar-refractivity contribution >= 4 is 11.8 Å². The third-order valence-electron chi connectivity index (χ3n) is 5.06. The number of hydrogen-bond acceptors (Lipinski definition) is 3. The fourth-order valence-corrected chi connectivity index (χ4v) is 3.25. The Labute approximate surface area is 188 Å². The molecule has 2 N–H and O–H groups in total. The molecule has 0 saturated heterocycles. The number of halogens is 1. The van der Waals surface area contributed by atoms with Crippen LogP contribution in [0.4, 0.5) is 14.9 Å². The standard InChI is InChI=1S/C27H27FN2O2/c1-3-4-5-20-6-8-21(9-7-20)10-11-22-12-14-23(15-13-22)19-30(2)24-16-17-25(28)26(18-24)32-27(29)31/h6-9,12-18H,3-5,19H2,1-2H3,(H2,29,31). The van der Waals surface area contributed by atoms with Crippen LogP contribution in [0.2, 0.25) is 0 Å². The Kier molecular flexibility index (Phi) is 7.88. The largest absolute Gasteiger partial charge is 0.410 e. The molecule has 0 saturated carbocycles. The average Bonchev–Trinajstić information content (AvgIpc) is 2.79. The van der Waals surface area contributed by atoms with Gasteiger partial charge in [0.05, 0.1) is 0 Å². The molecule has 0 aliphatic carbocycles. The monoisotopic (exact) mass is 430 g/mol. The van der Waals surface area contributed by atoms with Crippen molar-refractivity contribution in [2.24, 2.45) is 5.73 Å². The predicted octanol–water partition coefficient (Wildman–Crippen LogP) is 5.66. The molecule has 0 bridgehead atoms. The van der Waals surface area contributed by atoms with Gasteiger partial charge in [0.25, 0.3) is 0 Å². The number of carbonyl (C=O) groups excluding carboxylic acids is 1. The van der Waals surface area contributed by atoms with Gasteiger partial charge < -0.3 is 15.4 Å². The van der Waals surface area contributed by atoms with Gasteiger partial charge in [-0.15, -0.1) is 0 Å². The minimum Gasteiger partial charge on any atom is -0.407 e. The summed E-state index contributed by atoms with van der Waals surface area (Å²) in [5.41, 5.74) is 10.0. The van der Waals surface area contributed by atoms with Gasteiger partial charge >= 0.3 is 6.09 Å². The molecular formula is C27H27FN2O2. The molecule has 0 radical (unpaired) electrons. The smallest absolute Gasteiger partial charge is 0.407 e. The Morgan fingerprint density at radius 3 is 2.12 bits per heavy atom. The summed E-state index contributed by atoms with van der Waals surface area (Å²) in [6, 6.07) is 20.7. The van der Waals surface area contributed by atoms with Crippen molar-refractivity contribution in [2.75, 3.05) is 11.9 Å². The summed E-state index contributed by atoms with van der Waals surface area (Å²) in [5, 5.41) is 0. The molecule has 0 unspecified atom stereocenters. The summed E-state index contributed by atoms with van der Waals surface area (Å²) in [6.45, 7) is 2.79. The van der Waals surface area contributed by atoms with Gasteiger partial charge in [-0.2, -0.15) is 0 Å². The van der Waals surface area contributed by atoms with E-state index in [1.54, 1.807) is 6.07 Å². The number of aryl methyl sites for hydroxylation is 1. The quantitative estimate of drug-likeness (QED) is 0.492. The Bertz CT molecular complexity index is 1110. The van der Waals surface area contributed by atoms with Crippen LogP contribution < -0.4 is 15.4 Å². The zero-order valence-corrected chi connectivity index (χ0v) is 18.4. The van der Waals surface area contributed by atoms with Gasteiger partial charge in [-0.3, -0.25) is 0 Å². The van der Waals surface area contributed by atoms with E-state index >= 15 is 0 Å². The molecule has 0 atom stereocenters. The van der Waals surface area contributed by atoms with Crippen LogP contribution in [-0.4, -0.2) is 13.1 Å². The SMILES string of the molecule is CCCCc1ccc(C#Cc2ccc(CN(C)c3ccc(F)c(OC(N)=O)c3)cc2)cc1. The number of nitrogens with two attached hydrogens (primary N) is 1. The number of hydrogen-bond donors (Lipinski definition) is 1. The second-order valence-corrected chi connectivity index (χ2v) is 7.64. The maximum Gasteiger partial charge on any atom is 0.410 e. The molecule has 164 valence electrons. The van der Waals surface area contributed by atoms with Crippen molar-refractivity contribution in [3.8, 4) is 17.6 Å². The molecule has 32 heavy (non-hydrogen) atoms. The van der Waals surface area contributed by atoms with Crippen LogP contribution in [0.3, 0.4) is 0 Å². The van der Waals surface area contributed by atoms with Crippen LogP contribution in [0.1, 0.15) is 42.0 Å². The van der Waals surface area contributed by atoms with Gasteiger partial charge in [-0.1, -0.05) is 49.5 Å². The molecule has 5 heteroatoms. The van der Waals surface area contributed by atoms with Gasteiger partial charge in [0.15, 0.2) is 11.6 Å². The van der Waals surface area contributed by atoms with Crippen molar-refractivity contribution in [3.05, 3.63) is 94.8 Å². The average molecular weight is 431 g/mol. The normalized spacial score (nSPS) is 10.2. The van der Waals surface area contributed by atoms with E-state index < -0.39 is 11.9 Å². The molecule has 3 rings (SSSR count). The molecule has 4 nitrogen and oxygen atoms in total. The van der Waals surface area contributed by atoms with E-state index in [0.29, 0.717) is 12.2 Å². The maximum absolute atomic E-state index is 13.8. The first-order chi connectivity index (χ1) is 15.4. The highest BCUT2D eigenvalue weighted by Crippen LogP contribution is 2.25. The van der Waals surface area contributed by atoms with Gasteiger partial charge in [0, 0.05) is 36.5 Å². The third kappa shape index (κ3) is 6.61. The van der Waals surface area contributed by atoms with Crippen molar-refractivity contribution in [2.45, 2.75) is 32.7 Å². The van der Waals surface area contributed by atoms with Crippen LogP contribution in [0.25, 0.3) is 0 Å². The minimum atomic E-state index is -1.05. The van der Waals surface area contributed by atoms with Crippen LogP contribution in [0.5, 0.6) is 5.75 Å².